The van der Waals surface area contributed by atoms with E-state index < -0.39 is 0 Å². The summed E-state index contributed by atoms with van der Waals surface area (Å²) in [6.07, 6.45) is 6.35. The van der Waals surface area contributed by atoms with Gasteiger partial charge in [-0.05, 0) is 58.0 Å². The molecule has 0 bridgehead atoms. The van der Waals surface area contributed by atoms with Crippen LogP contribution in [0.1, 0.15) is 46.0 Å². The first-order valence-corrected chi connectivity index (χ1v) is 7.23. The molecule has 3 nitrogen and oxygen atoms in total. The fourth-order valence-corrected chi connectivity index (χ4v) is 2.11. The molecule has 102 valence electrons. The highest BCUT2D eigenvalue weighted by atomic mass is 16.5. The lowest BCUT2D eigenvalue weighted by Gasteiger charge is -2.23. The smallest absolute Gasteiger partial charge is 0.0547 e. The highest BCUT2D eigenvalue weighted by Crippen LogP contribution is 2.16. The van der Waals surface area contributed by atoms with Crippen molar-refractivity contribution in [2.45, 2.75) is 52.1 Å². The number of hydrogen-bond donors (Lipinski definition) is 1. The van der Waals surface area contributed by atoms with E-state index in [1.54, 1.807) is 0 Å². The van der Waals surface area contributed by atoms with E-state index in [1.807, 2.05) is 0 Å². The zero-order chi connectivity index (χ0) is 12.3. The molecule has 1 rings (SSSR count). The molecule has 3 heteroatoms. The summed E-state index contributed by atoms with van der Waals surface area (Å²) in [5, 5.41) is 3.42. The van der Waals surface area contributed by atoms with Gasteiger partial charge in [0.15, 0.2) is 0 Å². The second-order valence-electron chi connectivity index (χ2n) is 5.09. The average Bonchev–Trinajstić information content (AvgIpc) is 2.37. The van der Waals surface area contributed by atoms with Gasteiger partial charge in [0.25, 0.3) is 0 Å². The summed E-state index contributed by atoms with van der Waals surface area (Å²) < 4.78 is 11.2. The third-order valence-electron chi connectivity index (χ3n) is 3.35. The first kappa shape index (κ1) is 14.9. The summed E-state index contributed by atoms with van der Waals surface area (Å²) in [5.74, 6) is 0.726. The number of nitrogens with one attached hydrogen (secondary N) is 1. The van der Waals surface area contributed by atoms with Crippen molar-refractivity contribution in [3.8, 4) is 0 Å². The average molecular weight is 243 g/mol. The molecule has 0 radical (unpaired) electrons. The van der Waals surface area contributed by atoms with Crippen molar-refractivity contribution in [3.05, 3.63) is 0 Å². The van der Waals surface area contributed by atoms with Crippen LogP contribution in [-0.4, -0.2) is 39.0 Å². The molecule has 1 fully saturated rings. The minimum absolute atomic E-state index is 0.404. The van der Waals surface area contributed by atoms with Crippen molar-refractivity contribution in [2.75, 3.05) is 32.9 Å². The molecule has 0 aromatic heterocycles. The van der Waals surface area contributed by atoms with E-state index in [9.17, 15) is 0 Å². The number of ether oxygens (including phenoxy) is 2. The highest BCUT2D eigenvalue weighted by Gasteiger charge is 2.14. The fourth-order valence-electron chi connectivity index (χ4n) is 2.11. The van der Waals surface area contributed by atoms with Gasteiger partial charge in [0.05, 0.1) is 6.10 Å². The maximum Gasteiger partial charge on any atom is 0.0547 e. The second kappa shape index (κ2) is 9.86. The van der Waals surface area contributed by atoms with E-state index in [4.69, 9.17) is 9.47 Å². The first-order valence-electron chi connectivity index (χ1n) is 7.23. The molecule has 1 atom stereocenters. The van der Waals surface area contributed by atoms with Crippen molar-refractivity contribution in [3.63, 3.8) is 0 Å². The predicted molar refractivity (Wildman–Crippen MR) is 71.4 cm³/mol. The molecule has 0 amide bonds. The summed E-state index contributed by atoms with van der Waals surface area (Å²) >= 11 is 0. The van der Waals surface area contributed by atoms with Crippen LogP contribution in [0.25, 0.3) is 0 Å². The van der Waals surface area contributed by atoms with Crippen LogP contribution in [0.5, 0.6) is 0 Å². The maximum atomic E-state index is 5.90. The first-order chi connectivity index (χ1) is 8.33. The van der Waals surface area contributed by atoms with Gasteiger partial charge in [-0.15, -0.1) is 0 Å². The molecule has 1 heterocycles. The minimum atomic E-state index is 0.404. The van der Waals surface area contributed by atoms with Crippen molar-refractivity contribution in [1.82, 2.24) is 5.32 Å². The van der Waals surface area contributed by atoms with E-state index in [-0.39, 0.29) is 0 Å². The van der Waals surface area contributed by atoms with Crippen LogP contribution in [0, 0.1) is 5.92 Å². The Hall–Kier alpha value is -0.120. The van der Waals surface area contributed by atoms with E-state index in [1.165, 1.54) is 32.1 Å². The lowest BCUT2D eigenvalue weighted by atomic mass is 10.0. The van der Waals surface area contributed by atoms with Crippen LogP contribution < -0.4 is 5.32 Å². The largest absolute Gasteiger partial charge is 0.381 e. The van der Waals surface area contributed by atoms with Gasteiger partial charge in [-0.25, -0.2) is 0 Å². The minimum Gasteiger partial charge on any atom is -0.381 e. The van der Waals surface area contributed by atoms with Crippen molar-refractivity contribution in [2.24, 2.45) is 5.92 Å². The lowest BCUT2D eigenvalue weighted by Crippen LogP contribution is -2.23. The van der Waals surface area contributed by atoms with Gasteiger partial charge < -0.3 is 14.8 Å². The van der Waals surface area contributed by atoms with Gasteiger partial charge in [0.1, 0.15) is 0 Å². The Morgan fingerprint density at radius 2 is 2.06 bits per heavy atom. The van der Waals surface area contributed by atoms with Gasteiger partial charge >= 0.3 is 0 Å². The molecule has 0 spiro atoms. The predicted octanol–water partition coefficient (Wildman–Crippen LogP) is 2.60. The summed E-state index contributed by atoms with van der Waals surface area (Å²) in [6, 6.07) is 0. The summed E-state index contributed by atoms with van der Waals surface area (Å²) in [6.45, 7) is 9.42. The lowest BCUT2D eigenvalue weighted by molar-refractivity contribution is -0.00763. The Bertz CT molecular complexity index is 170. The summed E-state index contributed by atoms with van der Waals surface area (Å²) in [5.41, 5.74) is 0. The Balaban J connectivity index is 1.91. The van der Waals surface area contributed by atoms with Crippen molar-refractivity contribution >= 4 is 0 Å². The number of rotatable bonds is 9. The topological polar surface area (TPSA) is 30.5 Å². The Labute approximate surface area is 106 Å². The SMILES string of the molecule is CCCNCCCC(C)OCC1CCOCC1. The molecular weight excluding hydrogens is 214 g/mol. The molecule has 0 aromatic carbocycles. The van der Waals surface area contributed by atoms with E-state index in [0.717, 1.165) is 38.8 Å². The van der Waals surface area contributed by atoms with E-state index in [0.29, 0.717) is 6.10 Å². The van der Waals surface area contributed by atoms with Crippen LogP contribution in [-0.2, 0) is 9.47 Å². The molecule has 17 heavy (non-hydrogen) atoms. The zero-order valence-corrected chi connectivity index (χ0v) is 11.5. The second-order valence-corrected chi connectivity index (χ2v) is 5.09. The van der Waals surface area contributed by atoms with Crippen molar-refractivity contribution < 1.29 is 9.47 Å². The highest BCUT2D eigenvalue weighted by molar-refractivity contribution is 4.63. The number of hydrogen-bond acceptors (Lipinski definition) is 3. The summed E-state index contributed by atoms with van der Waals surface area (Å²) in [7, 11) is 0. The quantitative estimate of drug-likeness (QED) is 0.631. The molecule has 1 aliphatic rings. The Kier molecular flexibility index (Phi) is 8.67. The van der Waals surface area contributed by atoms with Gasteiger partial charge in [-0.1, -0.05) is 6.92 Å². The maximum absolute atomic E-state index is 5.90. The normalized spacial score (nSPS) is 19.4. The van der Waals surface area contributed by atoms with E-state index in [2.05, 4.69) is 19.2 Å². The fraction of sp³-hybridized carbons (Fsp3) is 1.00. The zero-order valence-electron chi connectivity index (χ0n) is 11.5. The molecule has 1 unspecified atom stereocenters. The molecule has 0 aromatic rings. The third-order valence-corrected chi connectivity index (χ3v) is 3.35. The van der Waals surface area contributed by atoms with E-state index >= 15 is 0 Å². The Morgan fingerprint density at radius 3 is 2.76 bits per heavy atom. The van der Waals surface area contributed by atoms with Gasteiger partial charge in [-0.3, -0.25) is 0 Å². The van der Waals surface area contributed by atoms with Crippen LogP contribution in [0.2, 0.25) is 0 Å². The third kappa shape index (κ3) is 7.74. The monoisotopic (exact) mass is 243 g/mol. The van der Waals surface area contributed by atoms with Gasteiger partial charge in [0, 0.05) is 19.8 Å². The van der Waals surface area contributed by atoms with Crippen LogP contribution in [0.3, 0.4) is 0 Å². The van der Waals surface area contributed by atoms with Gasteiger partial charge in [0.2, 0.25) is 0 Å². The molecular formula is C14H29NO2. The molecule has 0 aliphatic carbocycles. The van der Waals surface area contributed by atoms with Crippen molar-refractivity contribution in [1.29, 1.82) is 0 Å². The van der Waals surface area contributed by atoms with Gasteiger partial charge in [-0.2, -0.15) is 0 Å². The van der Waals surface area contributed by atoms with Crippen LogP contribution in [0.4, 0.5) is 0 Å². The van der Waals surface area contributed by atoms with Crippen LogP contribution in [0.15, 0.2) is 0 Å². The molecule has 1 N–H and O–H groups in total. The Morgan fingerprint density at radius 1 is 1.29 bits per heavy atom. The standard InChI is InChI=1S/C14H29NO2/c1-3-8-15-9-4-5-13(2)17-12-14-6-10-16-11-7-14/h13-15H,3-12H2,1-2H3. The summed E-state index contributed by atoms with van der Waals surface area (Å²) in [4.78, 5) is 0. The molecule has 1 saturated heterocycles. The molecule has 0 saturated carbocycles. The van der Waals surface area contributed by atoms with Crippen LogP contribution >= 0.6 is 0 Å². The molecule has 1 aliphatic heterocycles.